The van der Waals surface area contributed by atoms with Gasteiger partial charge in [-0.1, -0.05) is 54.4 Å². The predicted octanol–water partition coefficient (Wildman–Crippen LogP) is 10.1. The maximum Gasteiger partial charge on any atom is 0.501 e. The van der Waals surface area contributed by atoms with Gasteiger partial charge in [0.15, 0.2) is 0 Å². The molecule has 0 spiro atoms. The van der Waals surface area contributed by atoms with Gasteiger partial charge in [-0.15, -0.1) is 11.8 Å². The summed E-state index contributed by atoms with van der Waals surface area (Å²) >= 11 is 7.78. The number of rotatable bonds is 18. The summed E-state index contributed by atoms with van der Waals surface area (Å²) in [5.41, 5.74) is -1.98. The second-order valence-electron chi connectivity index (χ2n) is 22.7. The molecule has 1 aliphatic carbocycles. The third kappa shape index (κ3) is 16.2. The van der Waals surface area contributed by atoms with Gasteiger partial charge in [-0.3, -0.25) is 14.6 Å². The number of nitrogens with zero attached hydrogens (tertiary/aromatic N) is 5. The first-order valence-electron chi connectivity index (χ1n) is 27.4. The standard InChI is InChI=1S/C58H75ClF3N7O8S3/c1-42-38-67(29-32-69(42)55(71)77-56(2,3)4)41-57(5)24-22-51(43-12-16-46(59)17-13-43)45(37-57)39-66-27-30-68(31-28-66)48-18-14-44(15-19-48)54(70)64-80(74,75)50-20-21-52(53(36-50)79(72,73)58(60,61)62)63-47(40-78-49-10-7-6-8-11-49)23-26-65-25-9-34-76-35-33-65/h6-8,10-21,36,42,47,63H,9,22-35,37-41H2,1-5H3,(H,64,70)/t42-,47+,57+/m0/s1. The third-order valence-corrected chi connectivity index (χ3v) is 19.5. The monoisotopic (exact) mass is 1190 g/mol. The molecule has 436 valence electrons. The van der Waals surface area contributed by atoms with Crippen LogP contribution in [-0.2, 0) is 29.3 Å². The first-order chi connectivity index (χ1) is 37.8. The Kier molecular flexibility index (Phi) is 20.0. The van der Waals surface area contributed by atoms with Gasteiger partial charge in [0.05, 0.1) is 17.2 Å². The number of thioether (sulfide) groups is 1. The Balaban J connectivity index is 0.906. The highest BCUT2D eigenvalue weighted by Gasteiger charge is 2.49. The molecule has 3 heterocycles. The minimum atomic E-state index is -6.09. The highest BCUT2D eigenvalue weighted by molar-refractivity contribution is 7.99. The van der Waals surface area contributed by atoms with E-state index in [0.717, 1.165) is 94.2 Å². The molecule has 15 nitrogen and oxygen atoms in total. The summed E-state index contributed by atoms with van der Waals surface area (Å²) in [6, 6.07) is 25.8. The Morgan fingerprint density at radius 3 is 2.23 bits per heavy atom. The summed E-state index contributed by atoms with van der Waals surface area (Å²) in [5, 5.41) is 3.70. The summed E-state index contributed by atoms with van der Waals surface area (Å²) in [6.07, 6.45) is 3.85. The number of anilines is 2. The van der Waals surface area contributed by atoms with E-state index in [0.29, 0.717) is 69.2 Å². The van der Waals surface area contributed by atoms with E-state index in [2.05, 4.69) is 50.9 Å². The number of halogens is 4. The van der Waals surface area contributed by atoms with Crippen molar-refractivity contribution < 1.29 is 49.1 Å². The van der Waals surface area contributed by atoms with Crippen molar-refractivity contribution in [3.8, 4) is 0 Å². The third-order valence-electron chi connectivity index (χ3n) is 15.2. The highest BCUT2D eigenvalue weighted by Crippen LogP contribution is 2.44. The van der Waals surface area contributed by atoms with Crippen LogP contribution < -0.4 is 14.9 Å². The van der Waals surface area contributed by atoms with Gasteiger partial charge < -0.3 is 29.5 Å². The van der Waals surface area contributed by atoms with Gasteiger partial charge in [-0.25, -0.2) is 26.4 Å². The molecular formula is C58H75ClF3N7O8S3. The summed E-state index contributed by atoms with van der Waals surface area (Å²) in [7, 11) is -11.0. The topological polar surface area (TPSA) is 161 Å². The molecule has 0 unspecified atom stereocenters. The lowest BCUT2D eigenvalue weighted by atomic mass is 9.71. The van der Waals surface area contributed by atoms with Crippen LogP contribution in [0, 0.1) is 5.41 Å². The number of hydrogen-bond donors (Lipinski definition) is 2. The Morgan fingerprint density at radius 1 is 0.850 bits per heavy atom. The molecule has 0 saturated carbocycles. The van der Waals surface area contributed by atoms with Crippen molar-refractivity contribution in [2.24, 2.45) is 5.41 Å². The number of carbonyl (C=O) groups is 2. The van der Waals surface area contributed by atoms with Gasteiger partial charge in [0.25, 0.3) is 25.8 Å². The van der Waals surface area contributed by atoms with E-state index in [-0.39, 0.29) is 23.1 Å². The fourth-order valence-corrected chi connectivity index (χ4v) is 14.2. The maximum absolute atomic E-state index is 14.3. The number of alkyl halides is 3. The van der Waals surface area contributed by atoms with Gasteiger partial charge in [0.2, 0.25) is 0 Å². The number of allylic oxidation sites excluding steroid dienone is 1. The number of ether oxygens (including phenoxy) is 2. The summed E-state index contributed by atoms with van der Waals surface area (Å²) in [5.74, 6) is -0.681. The van der Waals surface area contributed by atoms with Crippen LogP contribution in [0.2, 0.25) is 5.02 Å². The molecule has 8 rings (SSSR count). The number of piperazine rings is 2. The van der Waals surface area contributed by atoms with Gasteiger partial charge >= 0.3 is 11.6 Å². The molecule has 80 heavy (non-hydrogen) atoms. The van der Waals surface area contributed by atoms with E-state index in [1.54, 1.807) is 12.1 Å². The average molecular weight is 1190 g/mol. The predicted molar refractivity (Wildman–Crippen MR) is 310 cm³/mol. The van der Waals surface area contributed by atoms with Crippen molar-refractivity contribution in [2.45, 2.75) is 105 Å². The maximum atomic E-state index is 14.3. The van der Waals surface area contributed by atoms with Gasteiger partial charge in [-0.2, -0.15) is 13.2 Å². The second-order valence-corrected chi connectivity index (χ2v) is 27.9. The van der Waals surface area contributed by atoms with Gasteiger partial charge in [0, 0.05) is 124 Å². The lowest BCUT2D eigenvalue weighted by molar-refractivity contribution is -0.0436. The molecule has 2 N–H and O–H groups in total. The van der Waals surface area contributed by atoms with E-state index in [9.17, 15) is 39.6 Å². The molecule has 3 fully saturated rings. The quantitative estimate of drug-likeness (QED) is 0.0906. The Labute approximate surface area is 479 Å². The van der Waals surface area contributed by atoms with Gasteiger partial charge in [0.1, 0.15) is 10.5 Å². The smallest absolute Gasteiger partial charge is 0.444 e. The zero-order chi connectivity index (χ0) is 57.5. The average Bonchev–Trinajstić information content (AvgIpc) is 3.75. The fourth-order valence-electron chi connectivity index (χ4n) is 11.0. The van der Waals surface area contributed by atoms with E-state index in [4.69, 9.17) is 21.1 Å². The number of sulfonamides is 1. The van der Waals surface area contributed by atoms with Crippen LogP contribution in [0.3, 0.4) is 0 Å². The molecule has 0 radical (unpaired) electrons. The van der Waals surface area contributed by atoms with Crippen LogP contribution in [0.15, 0.2) is 117 Å². The van der Waals surface area contributed by atoms with Crippen LogP contribution in [0.5, 0.6) is 0 Å². The minimum absolute atomic E-state index is 0.0161. The summed E-state index contributed by atoms with van der Waals surface area (Å²) in [4.78, 5) is 36.5. The van der Waals surface area contributed by atoms with Crippen LogP contribution in [-0.4, -0.2) is 169 Å². The highest BCUT2D eigenvalue weighted by atomic mass is 35.5. The zero-order valence-corrected chi connectivity index (χ0v) is 49.5. The number of hydrogen-bond acceptors (Lipinski definition) is 14. The lowest BCUT2D eigenvalue weighted by Crippen LogP contribution is -2.56. The number of carbonyl (C=O) groups excluding carboxylic acids is 2. The zero-order valence-electron chi connectivity index (χ0n) is 46.3. The van der Waals surface area contributed by atoms with E-state index in [1.807, 2.05) is 72.9 Å². The van der Waals surface area contributed by atoms with Crippen LogP contribution >= 0.6 is 23.4 Å². The molecule has 4 aromatic carbocycles. The Morgan fingerprint density at radius 2 is 1.55 bits per heavy atom. The van der Waals surface area contributed by atoms with Crippen molar-refractivity contribution >= 4 is 72.2 Å². The van der Waals surface area contributed by atoms with E-state index >= 15 is 0 Å². The molecule has 4 aliphatic rings. The molecule has 2 amide bonds. The summed E-state index contributed by atoms with van der Waals surface area (Å²) < 4.78 is 110. The Hall–Kier alpha value is -4.87. The molecule has 3 saturated heterocycles. The molecule has 3 atom stereocenters. The first kappa shape index (κ1) is 61.2. The SMILES string of the molecule is C[C@H]1CN(C[C@]2(C)CCC(c3ccc(Cl)cc3)=C(CN3CCN(c4ccc(C(=O)NS(=O)(=O)c5ccc(N[C@H](CCN6CCCOCC6)CSc6ccccc6)c(S(=O)(=O)C(F)(F)F)c5)cc4)CC3)C2)CCN1C(=O)OC(C)(C)C. The molecule has 0 bridgehead atoms. The Bertz CT molecular complexity index is 3030. The van der Waals surface area contributed by atoms with Crippen molar-refractivity contribution in [1.82, 2.24) is 24.3 Å². The van der Waals surface area contributed by atoms with Crippen LogP contribution in [0.25, 0.3) is 5.57 Å². The fraction of sp³-hybridized carbons (Fsp3) is 0.517. The van der Waals surface area contributed by atoms with Crippen molar-refractivity contribution in [1.29, 1.82) is 0 Å². The van der Waals surface area contributed by atoms with Crippen LogP contribution in [0.1, 0.15) is 82.6 Å². The number of amides is 2. The number of benzene rings is 4. The minimum Gasteiger partial charge on any atom is -0.444 e. The second kappa shape index (κ2) is 26.1. The first-order valence-corrected chi connectivity index (χ1v) is 31.7. The van der Waals surface area contributed by atoms with E-state index in [1.165, 1.54) is 40.6 Å². The van der Waals surface area contributed by atoms with Crippen molar-refractivity contribution in [2.75, 3.05) is 108 Å². The molecule has 0 aromatic heterocycles. The van der Waals surface area contributed by atoms with E-state index < -0.39 is 58.4 Å². The summed E-state index contributed by atoms with van der Waals surface area (Å²) in [6.45, 7) is 20.0. The van der Waals surface area contributed by atoms with Crippen molar-refractivity contribution in [3.63, 3.8) is 0 Å². The lowest BCUT2D eigenvalue weighted by Gasteiger charge is -2.46. The van der Waals surface area contributed by atoms with Gasteiger partial charge in [-0.05, 0) is 143 Å². The molecule has 4 aromatic rings. The van der Waals surface area contributed by atoms with Crippen molar-refractivity contribution in [3.05, 3.63) is 119 Å². The number of sulfone groups is 1. The number of nitrogens with one attached hydrogen (secondary N) is 2. The van der Waals surface area contributed by atoms with Crippen LogP contribution in [0.4, 0.5) is 29.3 Å². The molecule has 3 aliphatic heterocycles. The molecular weight excluding hydrogens is 1110 g/mol. The molecule has 22 heteroatoms. The largest absolute Gasteiger partial charge is 0.501 e. The normalized spacial score (nSPS) is 21.0.